The smallest absolute Gasteiger partial charge is 0.314 e. The van der Waals surface area contributed by atoms with Gasteiger partial charge in [-0.2, -0.15) is 0 Å². The number of hydrogen-bond acceptors (Lipinski definition) is 3. The molecule has 15 heavy (non-hydrogen) atoms. The highest BCUT2D eigenvalue weighted by Gasteiger charge is 2.20. The minimum Gasteiger partial charge on any atom is -0.465 e. The second-order valence-corrected chi connectivity index (χ2v) is 3.85. The number of esters is 1. The molecule has 0 N–H and O–H groups in total. The fraction of sp³-hybridized carbons (Fsp3) is 0.400. The number of carbonyl (C=O) groups is 1. The third-order valence-electron chi connectivity index (χ3n) is 1.89. The summed E-state index contributed by atoms with van der Waals surface area (Å²) in [6.45, 7) is 3.72. The molecule has 1 unspecified atom stereocenters. The van der Waals surface area contributed by atoms with E-state index in [2.05, 4.69) is 20.9 Å². The molecule has 1 heterocycles. The van der Waals surface area contributed by atoms with Crippen molar-refractivity contribution in [2.45, 2.75) is 19.8 Å². The van der Waals surface area contributed by atoms with E-state index in [1.807, 2.05) is 0 Å². The van der Waals surface area contributed by atoms with Crippen molar-refractivity contribution in [1.29, 1.82) is 0 Å². The average molecular weight is 276 g/mol. The van der Waals surface area contributed by atoms with Crippen LogP contribution in [0.3, 0.4) is 0 Å². The Bertz CT molecular complexity index is 370. The Morgan fingerprint density at radius 3 is 2.93 bits per heavy atom. The lowest BCUT2D eigenvalue weighted by molar-refractivity contribution is -0.144. The van der Waals surface area contributed by atoms with Crippen molar-refractivity contribution in [1.82, 2.24) is 4.98 Å². The van der Waals surface area contributed by atoms with E-state index >= 15 is 0 Å². The van der Waals surface area contributed by atoms with Gasteiger partial charge in [0, 0.05) is 4.47 Å². The first-order chi connectivity index (χ1) is 7.06. The van der Waals surface area contributed by atoms with E-state index in [-0.39, 0.29) is 5.97 Å². The second kappa shape index (κ2) is 5.21. The zero-order valence-electron chi connectivity index (χ0n) is 8.46. The van der Waals surface area contributed by atoms with E-state index in [0.29, 0.717) is 16.8 Å². The molecule has 0 fully saturated rings. The van der Waals surface area contributed by atoms with Gasteiger partial charge in [-0.3, -0.25) is 9.78 Å². The number of carbonyl (C=O) groups excluding carboxylic acids is 1. The number of aromatic nitrogens is 1. The number of ether oxygens (including phenoxy) is 1. The molecule has 0 saturated heterocycles. The van der Waals surface area contributed by atoms with Gasteiger partial charge in [0.05, 0.1) is 24.4 Å². The Balaban J connectivity index is 2.91. The van der Waals surface area contributed by atoms with Crippen LogP contribution >= 0.6 is 15.9 Å². The molecule has 1 aromatic rings. The SMILES string of the molecule is CCOC(=O)C(C)c1ncc(F)cc1Br. The van der Waals surface area contributed by atoms with E-state index < -0.39 is 11.7 Å². The molecule has 0 aliphatic carbocycles. The Morgan fingerprint density at radius 2 is 2.40 bits per heavy atom. The van der Waals surface area contributed by atoms with E-state index in [1.54, 1.807) is 13.8 Å². The van der Waals surface area contributed by atoms with Gasteiger partial charge in [-0.15, -0.1) is 0 Å². The van der Waals surface area contributed by atoms with Crippen LogP contribution in [0, 0.1) is 5.82 Å². The van der Waals surface area contributed by atoms with Crippen LogP contribution < -0.4 is 0 Å². The third kappa shape index (κ3) is 2.99. The zero-order chi connectivity index (χ0) is 11.4. The minimum absolute atomic E-state index is 0.321. The molecule has 5 heteroatoms. The van der Waals surface area contributed by atoms with E-state index in [0.717, 1.165) is 6.20 Å². The molecule has 0 aliphatic heterocycles. The Morgan fingerprint density at radius 1 is 1.73 bits per heavy atom. The Kier molecular flexibility index (Phi) is 4.20. The molecule has 0 spiro atoms. The predicted molar refractivity (Wildman–Crippen MR) is 56.9 cm³/mol. The van der Waals surface area contributed by atoms with Crippen LogP contribution in [-0.4, -0.2) is 17.6 Å². The predicted octanol–water partition coefficient (Wildman–Crippen LogP) is 2.65. The molecule has 0 aromatic carbocycles. The number of rotatable bonds is 3. The first-order valence-electron chi connectivity index (χ1n) is 4.53. The lowest BCUT2D eigenvalue weighted by atomic mass is 10.1. The highest BCUT2D eigenvalue weighted by molar-refractivity contribution is 9.10. The number of hydrogen-bond donors (Lipinski definition) is 0. The Labute approximate surface area is 95.8 Å². The van der Waals surface area contributed by atoms with E-state index in [1.165, 1.54) is 6.07 Å². The normalized spacial score (nSPS) is 12.3. The van der Waals surface area contributed by atoms with Crippen LogP contribution in [0.2, 0.25) is 0 Å². The van der Waals surface area contributed by atoms with Crippen LogP contribution in [-0.2, 0) is 9.53 Å². The van der Waals surface area contributed by atoms with Crippen LogP contribution in [0.25, 0.3) is 0 Å². The average Bonchev–Trinajstić information content (AvgIpc) is 2.17. The van der Waals surface area contributed by atoms with Crippen molar-refractivity contribution in [2.75, 3.05) is 6.61 Å². The Hall–Kier alpha value is -0.970. The first-order valence-corrected chi connectivity index (χ1v) is 5.33. The summed E-state index contributed by atoms with van der Waals surface area (Å²) in [6.07, 6.45) is 1.08. The van der Waals surface area contributed by atoms with E-state index in [4.69, 9.17) is 4.74 Å². The van der Waals surface area contributed by atoms with Gasteiger partial charge in [-0.25, -0.2) is 4.39 Å². The zero-order valence-corrected chi connectivity index (χ0v) is 10.0. The summed E-state index contributed by atoms with van der Waals surface area (Å²) >= 11 is 3.16. The molecule has 0 saturated carbocycles. The van der Waals surface area contributed by atoms with Gasteiger partial charge >= 0.3 is 5.97 Å². The fourth-order valence-electron chi connectivity index (χ4n) is 1.12. The molecule has 1 atom stereocenters. The maximum absolute atomic E-state index is 12.8. The largest absolute Gasteiger partial charge is 0.465 e. The van der Waals surface area contributed by atoms with E-state index in [9.17, 15) is 9.18 Å². The molecular formula is C10H11BrFNO2. The highest BCUT2D eigenvalue weighted by atomic mass is 79.9. The summed E-state index contributed by atoms with van der Waals surface area (Å²) < 4.78 is 18.1. The van der Waals surface area contributed by atoms with Crippen molar-refractivity contribution in [3.8, 4) is 0 Å². The summed E-state index contributed by atoms with van der Waals surface area (Å²) in [5.74, 6) is -1.31. The molecule has 0 amide bonds. The van der Waals surface area contributed by atoms with Gasteiger partial charge in [0.15, 0.2) is 0 Å². The maximum Gasteiger partial charge on any atom is 0.314 e. The number of halogens is 2. The molecule has 1 rings (SSSR count). The number of pyridine rings is 1. The van der Waals surface area contributed by atoms with Crippen molar-refractivity contribution in [2.24, 2.45) is 0 Å². The fourth-order valence-corrected chi connectivity index (χ4v) is 1.79. The topological polar surface area (TPSA) is 39.2 Å². The first kappa shape index (κ1) is 12.1. The molecule has 82 valence electrons. The summed E-state index contributed by atoms with van der Waals surface area (Å²) in [5, 5.41) is 0. The van der Waals surface area contributed by atoms with Gasteiger partial charge in [-0.05, 0) is 35.8 Å². The molecule has 3 nitrogen and oxygen atoms in total. The summed E-state index contributed by atoms with van der Waals surface area (Å²) in [6, 6.07) is 1.28. The van der Waals surface area contributed by atoms with Gasteiger partial charge in [0.1, 0.15) is 5.82 Å². The molecular weight excluding hydrogens is 265 g/mol. The highest BCUT2D eigenvalue weighted by Crippen LogP contribution is 2.24. The summed E-state index contributed by atoms with van der Waals surface area (Å²) in [7, 11) is 0. The van der Waals surface area contributed by atoms with Gasteiger partial charge in [-0.1, -0.05) is 0 Å². The van der Waals surface area contributed by atoms with Crippen LogP contribution in [0.5, 0.6) is 0 Å². The monoisotopic (exact) mass is 275 g/mol. The van der Waals surface area contributed by atoms with Gasteiger partial charge in [0.2, 0.25) is 0 Å². The van der Waals surface area contributed by atoms with Crippen molar-refractivity contribution in [3.05, 3.63) is 28.2 Å². The molecule has 0 bridgehead atoms. The van der Waals surface area contributed by atoms with Crippen molar-refractivity contribution in [3.63, 3.8) is 0 Å². The molecule has 0 radical (unpaired) electrons. The lowest BCUT2D eigenvalue weighted by Gasteiger charge is -2.11. The van der Waals surface area contributed by atoms with Crippen molar-refractivity contribution >= 4 is 21.9 Å². The number of nitrogens with zero attached hydrogens (tertiary/aromatic N) is 1. The lowest BCUT2D eigenvalue weighted by Crippen LogP contribution is -2.14. The van der Waals surface area contributed by atoms with Crippen molar-refractivity contribution < 1.29 is 13.9 Å². The second-order valence-electron chi connectivity index (χ2n) is 2.99. The summed E-state index contributed by atoms with van der Waals surface area (Å²) in [4.78, 5) is 15.3. The standard InChI is InChI=1S/C10H11BrFNO2/c1-3-15-10(14)6(2)9-8(11)4-7(12)5-13-9/h4-6H,3H2,1-2H3. The maximum atomic E-state index is 12.8. The third-order valence-corrected chi connectivity index (χ3v) is 2.52. The van der Waals surface area contributed by atoms with Crippen LogP contribution in [0.1, 0.15) is 25.5 Å². The summed E-state index contributed by atoms with van der Waals surface area (Å²) in [5.41, 5.74) is 0.481. The van der Waals surface area contributed by atoms with Gasteiger partial charge in [0.25, 0.3) is 0 Å². The molecule has 1 aromatic heterocycles. The minimum atomic E-state index is -0.500. The van der Waals surface area contributed by atoms with Gasteiger partial charge < -0.3 is 4.74 Å². The quantitative estimate of drug-likeness (QED) is 0.797. The van der Waals surface area contributed by atoms with Crippen LogP contribution in [0.15, 0.2) is 16.7 Å². The molecule has 0 aliphatic rings. The van der Waals surface area contributed by atoms with Crippen LogP contribution in [0.4, 0.5) is 4.39 Å².